The Labute approximate surface area is 95.8 Å². The Hall–Kier alpha value is 0. The van der Waals surface area contributed by atoms with Gasteiger partial charge in [-0.25, -0.2) is 0 Å². The fourth-order valence-corrected chi connectivity index (χ4v) is 4.15. The lowest BCUT2D eigenvalue weighted by atomic mass is 9.63. The van der Waals surface area contributed by atoms with E-state index in [1.807, 2.05) is 0 Å². The summed E-state index contributed by atoms with van der Waals surface area (Å²) < 4.78 is 0. The molecular weight excluding hydrogens is 180 g/mol. The molecule has 88 valence electrons. The molecule has 2 rings (SSSR count). The molecule has 5 unspecified atom stereocenters. The zero-order valence-corrected chi connectivity index (χ0v) is 10.8. The Bertz CT molecular complexity index is 196. The predicted molar refractivity (Wildman–Crippen MR) is 66.8 cm³/mol. The predicted octanol–water partition coefficient (Wildman–Crippen LogP) is 4.89. The van der Waals surface area contributed by atoms with E-state index in [1.165, 1.54) is 44.9 Å². The van der Waals surface area contributed by atoms with Gasteiger partial charge in [0.25, 0.3) is 0 Å². The molecule has 2 aliphatic carbocycles. The molecule has 0 saturated heterocycles. The normalized spacial score (nSPS) is 47.8. The van der Waals surface area contributed by atoms with E-state index in [4.69, 9.17) is 0 Å². The molecular formula is C15H28. The van der Waals surface area contributed by atoms with E-state index in [2.05, 4.69) is 20.8 Å². The summed E-state index contributed by atoms with van der Waals surface area (Å²) in [6.07, 6.45) is 10.5. The number of hydrogen-bond acceptors (Lipinski definition) is 0. The molecule has 15 heavy (non-hydrogen) atoms. The minimum atomic E-state index is 1.00. The molecule has 0 N–H and O–H groups in total. The summed E-state index contributed by atoms with van der Waals surface area (Å²) in [4.78, 5) is 0. The molecule has 0 spiro atoms. The minimum Gasteiger partial charge on any atom is -0.0625 e. The van der Waals surface area contributed by atoms with Gasteiger partial charge in [-0.05, 0) is 42.4 Å². The van der Waals surface area contributed by atoms with Crippen LogP contribution in [0.4, 0.5) is 0 Å². The van der Waals surface area contributed by atoms with E-state index in [-0.39, 0.29) is 0 Å². The van der Waals surface area contributed by atoms with Crippen LogP contribution in [0.25, 0.3) is 0 Å². The maximum atomic E-state index is 2.51. The molecule has 0 bridgehead atoms. The third-order valence-electron chi connectivity index (χ3n) is 5.25. The van der Waals surface area contributed by atoms with E-state index in [0.717, 1.165) is 29.6 Å². The lowest BCUT2D eigenvalue weighted by molar-refractivity contribution is 0.0770. The lowest BCUT2D eigenvalue weighted by Crippen LogP contribution is -2.33. The van der Waals surface area contributed by atoms with Crippen molar-refractivity contribution in [2.75, 3.05) is 0 Å². The van der Waals surface area contributed by atoms with Crippen LogP contribution in [0.5, 0.6) is 0 Å². The highest BCUT2D eigenvalue weighted by Gasteiger charge is 2.35. The van der Waals surface area contributed by atoms with Gasteiger partial charge in [-0.2, -0.15) is 0 Å². The second-order valence-corrected chi connectivity index (χ2v) is 6.48. The average Bonchev–Trinajstić information content (AvgIpc) is 2.23. The second-order valence-electron chi connectivity index (χ2n) is 6.48. The topological polar surface area (TPSA) is 0 Å². The first-order valence-corrected chi connectivity index (χ1v) is 7.18. The van der Waals surface area contributed by atoms with Crippen molar-refractivity contribution in [1.82, 2.24) is 0 Å². The Morgan fingerprint density at radius 3 is 2.07 bits per heavy atom. The van der Waals surface area contributed by atoms with Gasteiger partial charge >= 0.3 is 0 Å². The summed E-state index contributed by atoms with van der Waals surface area (Å²) in [7, 11) is 0. The largest absolute Gasteiger partial charge is 0.0625 e. The Kier molecular flexibility index (Phi) is 3.74. The Morgan fingerprint density at radius 1 is 0.667 bits per heavy atom. The first kappa shape index (κ1) is 11.5. The molecule has 0 nitrogen and oxygen atoms in total. The van der Waals surface area contributed by atoms with Crippen molar-refractivity contribution >= 4 is 0 Å². The maximum Gasteiger partial charge on any atom is -0.0355 e. The van der Waals surface area contributed by atoms with Gasteiger partial charge in [0.1, 0.15) is 0 Å². The van der Waals surface area contributed by atoms with Gasteiger partial charge in [-0.1, -0.05) is 52.9 Å². The molecule has 2 aliphatic rings. The van der Waals surface area contributed by atoms with E-state index >= 15 is 0 Å². The highest BCUT2D eigenvalue weighted by atomic mass is 14.4. The molecule has 5 atom stereocenters. The summed E-state index contributed by atoms with van der Waals surface area (Å²) >= 11 is 0. The van der Waals surface area contributed by atoms with Crippen LogP contribution in [0.3, 0.4) is 0 Å². The lowest BCUT2D eigenvalue weighted by Gasteiger charge is -2.42. The van der Waals surface area contributed by atoms with Gasteiger partial charge in [-0.3, -0.25) is 0 Å². The highest BCUT2D eigenvalue weighted by Crippen LogP contribution is 2.45. The minimum absolute atomic E-state index is 1.00. The van der Waals surface area contributed by atoms with Crippen molar-refractivity contribution in [2.24, 2.45) is 29.6 Å². The molecule has 0 heterocycles. The van der Waals surface area contributed by atoms with Crippen molar-refractivity contribution in [3.05, 3.63) is 0 Å². The highest BCUT2D eigenvalue weighted by molar-refractivity contribution is 4.85. The van der Waals surface area contributed by atoms with Gasteiger partial charge in [-0.15, -0.1) is 0 Å². The van der Waals surface area contributed by atoms with E-state index < -0.39 is 0 Å². The van der Waals surface area contributed by atoms with Crippen LogP contribution >= 0.6 is 0 Å². The molecule has 2 saturated carbocycles. The Balaban J connectivity index is 1.99. The summed E-state index contributed by atoms with van der Waals surface area (Å²) in [5.74, 6) is 5.14. The maximum absolute atomic E-state index is 2.51. The van der Waals surface area contributed by atoms with Crippen LogP contribution < -0.4 is 0 Å². The van der Waals surface area contributed by atoms with Crippen LogP contribution in [0, 0.1) is 29.6 Å². The zero-order valence-electron chi connectivity index (χ0n) is 10.8. The van der Waals surface area contributed by atoms with E-state index in [0.29, 0.717) is 0 Å². The second kappa shape index (κ2) is 4.89. The summed E-state index contributed by atoms with van der Waals surface area (Å²) in [5.41, 5.74) is 0. The summed E-state index contributed by atoms with van der Waals surface area (Å²) in [5, 5.41) is 0. The van der Waals surface area contributed by atoms with Crippen LogP contribution in [0.2, 0.25) is 0 Å². The zero-order chi connectivity index (χ0) is 10.8. The molecule has 0 aromatic carbocycles. The first-order valence-electron chi connectivity index (χ1n) is 7.18. The summed E-state index contributed by atoms with van der Waals surface area (Å²) in [6, 6.07) is 0. The van der Waals surface area contributed by atoms with Crippen LogP contribution in [-0.2, 0) is 0 Å². The molecule has 0 aliphatic heterocycles. The van der Waals surface area contributed by atoms with Gasteiger partial charge in [0, 0.05) is 0 Å². The van der Waals surface area contributed by atoms with Crippen LogP contribution in [0.1, 0.15) is 65.7 Å². The number of hydrogen-bond donors (Lipinski definition) is 0. The van der Waals surface area contributed by atoms with Crippen molar-refractivity contribution in [2.45, 2.75) is 65.7 Å². The Morgan fingerprint density at radius 2 is 1.33 bits per heavy atom. The fraction of sp³-hybridized carbons (Fsp3) is 1.00. The van der Waals surface area contributed by atoms with Crippen molar-refractivity contribution in [1.29, 1.82) is 0 Å². The van der Waals surface area contributed by atoms with Gasteiger partial charge < -0.3 is 0 Å². The van der Waals surface area contributed by atoms with Gasteiger partial charge in [0.2, 0.25) is 0 Å². The molecule has 0 heteroatoms. The van der Waals surface area contributed by atoms with Crippen molar-refractivity contribution in [3.8, 4) is 0 Å². The van der Waals surface area contributed by atoms with Gasteiger partial charge in [0.05, 0.1) is 0 Å². The third kappa shape index (κ3) is 2.57. The smallest absolute Gasteiger partial charge is 0.0355 e. The van der Waals surface area contributed by atoms with Crippen LogP contribution in [0.15, 0.2) is 0 Å². The molecule has 0 amide bonds. The van der Waals surface area contributed by atoms with Crippen molar-refractivity contribution < 1.29 is 0 Å². The van der Waals surface area contributed by atoms with E-state index in [9.17, 15) is 0 Å². The molecule has 0 aromatic rings. The average molecular weight is 208 g/mol. The van der Waals surface area contributed by atoms with Gasteiger partial charge in [0.15, 0.2) is 0 Å². The SMILES string of the molecule is CC1CCC(C)C(C2CCCCC2C)C1. The number of rotatable bonds is 1. The third-order valence-corrected chi connectivity index (χ3v) is 5.25. The fourth-order valence-electron chi connectivity index (χ4n) is 4.15. The standard InChI is InChI=1S/C15H28/c1-11-8-9-13(3)15(10-11)14-7-5-4-6-12(14)2/h11-15H,4-10H2,1-3H3. The van der Waals surface area contributed by atoms with Crippen molar-refractivity contribution in [3.63, 3.8) is 0 Å². The quantitative estimate of drug-likeness (QED) is 0.576. The monoisotopic (exact) mass is 208 g/mol. The molecule has 2 fully saturated rings. The summed E-state index contributed by atoms with van der Waals surface area (Å²) in [6.45, 7) is 7.49. The first-order chi connectivity index (χ1) is 7.18. The van der Waals surface area contributed by atoms with Crippen LogP contribution in [-0.4, -0.2) is 0 Å². The molecule has 0 radical (unpaired) electrons. The molecule has 0 aromatic heterocycles. The van der Waals surface area contributed by atoms with E-state index in [1.54, 1.807) is 0 Å².